The predicted molar refractivity (Wildman–Crippen MR) is 122 cm³/mol. The van der Waals surface area contributed by atoms with Crippen LogP contribution < -0.4 is 11.3 Å². The fourth-order valence-corrected chi connectivity index (χ4v) is 3.53. The van der Waals surface area contributed by atoms with Gasteiger partial charge in [-0.15, -0.1) is 0 Å². The third-order valence-electron chi connectivity index (χ3n) is 5.33. The molecule has 8 heteroatoms. The lowest BCUT2D eigenvalue weighted by Crippen LogP contribution is -2.18. The Kier molecular flexibility index (Phi) is 6.42. The Bertz CT molecular complexity index is 1300. The number of benzene rings is 1. The number of carbonyl (C=O) groups is 1. The van der Waals surface area contributed by atoms with Crippen molar-refractivity contribution in [2.24, 2.45) is 5.73 Å². The van der Waals surface area contributed by atoms with E-state index in [0.29, 0.717) is 37.0 Å². The molecule has 0 bridgehead atoms. The largest absolute Gasteiger partial charge is 0.442 e. The quantitative estimate of drug-likeness (QED) is 0.305. The molecule has 3 heterocycles. The van der Waals surface area contributed by atoms with Gasteiger partial charge in [0.05, 0.1) is 17.9 Å². The van der Waals surface area contributed by atoms with Crippen molar-refractivity contribution in [2.45, 2.75) is 38.8 Å². The van der Waals surface area contributed by atoms with Gasteiger partial charge in [0.15, 0.2) is 0 Å². The number of Topliss-reactive ketones (excluding diaryl/α,β-unsaturated/α-hetero) is 1. The Hall–Kier alpha value is -3.78. The first kappa shape index (κ1) is 21.5. The first-order chi connectivity index (χ1) is 15.6. The van der Waals surface area contributed by atoms with Crippen LogP contribution in [-0.2, 0) is 6.54 Å². The number of imidazole rings is 1. The molecule has 1 atom stereocenters. The highest BCUT2D eigenvalue weighted by atomic mass is 16.3. The number of ketones is 1. The fourth-order valence-electron chi connectivity index (χ4n) is 3.53. The molecule has 8 nitrogen and oxygen atoms in total. The molecule has 0 aliphatic rings. The fraction of sp³-hybridized carbons (Fsp3) is 0.250. The van der Waals surface area contributed by atoms with Crippen molar-refractivity contribution in [1.29, 1.82) is 0 Å². The normalized spacial score (nSPS) is 12.6. The number of H-pyrrole nitrogens is 1. The average molecular weight is 431 g/mol. The molecule has 0 saturated carbocycles. The maximum atomic E-state index is 12.4. The van der Waals surface area contributed by atoms with Gasteiger partial charge >= 0.3 is 0 Å². The van der Waals surface area contributed by atoms with Gasteiger partial charge in [-0.1, -0.05) is 18.2 Å². The third-order valence-corrected chi connectivity index (χ3v) is 5.33. The minimum absolute atomic E-state index is 0.00944. The lowest BCUT2D eigenvalue weighted by molar-refractivity contribution is 0.0950. The van der Waals surface area contributed by atoms with E-state index >= 15 is 0 Å². The molecular formula is C24H25N5O3. The number of aromatic nitrogens is 4. The number of hydrogen-bond donors (Lipinski definition) is 2. The number of hydrogen-bond acceptors (Lipinski definition) is 6. The summed E-state index contributed by atoms with van der Waals surface area (Å²) in [6, 6.07) is 7.36. The zero-order valence-corrected chi connectivity index (χ0v) is 17.8. The summed E-state index contributed by atoms with van der Waals surface area (Å²) in [7, 11) is 0. The third kappa shape index (κ3) is 4.60. The Morgan fingerprint density at radius 3 is 2.97 bits per heavy atom. The van der Waals surface area contributed by atoms with Crippen LogP contribution in [0.1, 0.15) is 48.7 Å². The molecule has 3 N–H and O–H groups in total. The van der Waals surface area contributed by atoms with Crippen LogP contribution in [0.5, 0.6) is 0 Å². The van der Waals surface area contributed by atoms with Crippen LogP contribution in [0.25, 0.3) is 22.0 Å². The highest BCUT2D eigenvalue weighted by Crippen LogP contribution is 2.23. The second kappa shape index (κ2) is 9.57. The molecule has 1 unspecified atom stereocenters. The lowest BCUT2D eigenvalue weighted by atomic mass is 10.1. The van der Waals surface area contributed by atoms with E-state index in [-0.39, 0.29) is 23.3 Å². The van der Waals surface area contributed by atoms with Crippen molar-refractivity contribution in [3.05, 3.63) is 83.3 Å². The van der Waals surface area contributed by atoms with Gasteiger partial charge in [0.2, 0.25) is 5.78 Å². The second-order valence-corrected chi connectivity index (χ2v) is 7.49. The minimum atomic E-state index is -0.292. The van der Waals surface area contributed by atoms with Gasteiger partial charge < -0.3 is 19.7 Å². The van der Waals surface area contributed by atoms with Crippen LogP contribution in [0.2, 0.25) is 0 Å². The molecule has 164 valence electrons. The standard InChI is InChI=1S/C24H25N5O3/c1-2-29-12-10-16-14-17(8-9-18(16)24(29)31)20-15-27-22(28-20)19(25)6-4-3-5-7-21(30)23-26-11-13-32-23/h3-4,8-15,19H,2,5-7,25H2,1H3,(H,27,28). The SMILES string of the molecule is CCn1ccc2cc(-c3c[nH]c(C(N)CC=CCCC(=O)c4ncco4)n3)ccc2c1=O. The van der Waals surface area contributed by atoms with Crippen molar-refractivity contribution in [2.75, 3.05) is 0 Å². The molecule has 4 aromatic rings. The molecule has 4 rings (SSSR count). The summed E-state index contributed by atoms with van der Waals surface area (Å²) in [5.41, 5.74) is 7.97. The first-order valence-electron chi connectivity index (χ1n) is 10.6. The van der Waals surface area contributed by atoms with Crippen molar-refractivity contribution < 1.29 is 9.21 Å². The van der Waals surface area contributed by atoms with Gasteiger partial charge in [-0.25, -0.2) is 9.97 Å². The van der Waals surface area contributed by atoms with E-state index in [2.05, 4.69) is 15.0 Å². The summed E-state index contributed by atoms with van der Waals surface area (Å²) in [6.07, 6.45) is 11.9. The Balaban J connectivity index is 1.37. The molecule has 0 amide bonds. The minimum Gasteiger partial charge on any atom is -0.442 e. The first-order valence-corrected chi connectivity index (χ1v) is 10.6. The van der Waals surface area contributed by atoms with Gasteiger partial charge in [-0.3, -0.25) is 9.59 Å². The Labute approximate surface area is 184 Å². The van der Waals surface area contributed by atoms with Crippen LogP contribution in [0.3, 0.4) is 0 Å². The van der Waals surface area contributed by atoms with E-state index in [1.165, 1.54) is 12.5 Å². The molecule has 0 spiro atoms. The summed E-state index contributed by atoms with van der Waals surface area (Å²) in [5, 5.41) is 1.57. The molecule has 0 radical (unpaired) electrons. The maximum Gasteiger partial charge on any atom is 0.263 e. The number of nitrogens with one attached hydrogen (secondary N) is 1. The number of oxazole rings is 1. The van der Waals surface area contributed by atoms with E-state index in [4.69, 9.17) is 10.2 Å². The van der Waals surface area contributed by atoms with Crippen molar-refractivity contribution >= 4 is 16.6 Å². The second-order valence-electron chi connectivity index (χ2n) is 7.49. The monoisotopic (exact) mass is 431 g/mol. The van der Waals surface area contributed by atoms with E-state index in [1.807, 2.05) is 55.7 Å². The number of rotatable bonds is 9. The van der Waals surface area contributed by atoms with Crippen LogP contribution in [0, 0.1) is 0 Å². The predicted octanol–water partition coefficient (Wildman–Crippen LogP) is 4.01. The Morgan fingerprint density at radius 1 is 1.31 bits per heavy atom. The number of nitrogens with zero attached hydrogens (tertiary/aromatic N) is 3. The van der Waals surface area contributed by atoms with Crippen LogP contribution in [0.15, 0.2) is 70.5 Å². The van der Waals surface area contributed by atoms with Gasteiger partial charge in [-0.2, -0.15) is 0 Å². The van der Waals surface area contributed by atoms with Crippen molar-refractivity contribution in [1.82, 2.24) is 19.5 Å². The molecule has 0 aliphatic heterocycles. The van der Waals surface area contributed by atoms with E-state index in [1.54, 1.807) is 4.57 Å². The van der Waals surface area contributed by atoms with E-state index < -0.39 is 0 Å². The highest BCUT2D eigenvalue weighted by molar-refractivity contribution is 5.91. The molecule has 0 fully saturated rings. The molecule has 0 aliphatic carbocycles. The van der Waals surface area contributed by atoms with Gasteiger partial charge in [0.1, 0.15) is 12.1 Å². The van der Waals surface area contributed by atoms with Crippen LogP contribution >= 0.6 is 0 Å². The summed E-state index contributed by atoms with van der Waals surface area (Å²) < 4.78 is 6.68. The topological polar surface area (TPSA) is 120 Å². The van der Waals surface area contributed by atoms with E-state index in [9.17, 15) is 9.59 Å². The summed E-state index contributed by atoms with van der Waals surface area (Å²) >= 11 is 0. The molecule has 3 aromatic heterocycles. The van der Waals surface area contributed by atoms with Crippen molar-refractivity contribution in [3.63, 3.8) is 0 Å². The summed E-state index contributed by atoms with van der Waals surface area (Å²) in [6.45, 7) is 2.59. The number of carbonyl (C=O) groups excluding carboxylic acids is 1. The number of aromatic amines is 1. The smallest absolute Gasteiger partial charge is 0.263 e. The van der Waals surface area contributed by atoms with Crippen molar-refractivity contribution in [3.8, 4) is 11.3 Å². The number of allylic oxidation sites excluding steroid dienone is 1. The average Bonchev–Trinajstić information content (AvgIpc) is 3.51. The lowest BCUT2D eigenvalue weighted by Gasteiger charge is -2.06. The van der Waals surface area contributed by atoms with Gasteiger partial charge in [0, 0.05) is 36.3 Å². The highest BCUT2D eigenvalue weighted by Gasteiger charge is 2.12. The van der Waals surface area contributed by atoms with Gasteiger partial charge in [0.25, 0.3) is 11.4 Å². The molecule has 0 saturated heterocycles. The summed E-state index contributed by atoms with van der Waals surface area (Å²) in [4.78, 5) is 35.9. The number of fused-ring (bicyclic) bond motifs is 1. The van der Waals surface area contributed by atoms with Crippen LogP contribution in [0.4, 0.5) is 0 Å². The Morgan fingerprint density at radius 2 is 2.19 bits per heavy atom. The molecular weight excluding hydrogens is 406 g/mol. The summed E-state index contributed by atoms with van der Waals surface area (Å²) in [5.74, 6) is 0.702. The molecule has 1 aromatic carbocycles. The number of nitrogens with two attached hydrogens (primary N) is 1. The molecule has 32 heavy (non-hydrogen) atoms. The maximum absolute atomic E-state index is 12.4. The van der Waals surface area contributed by atoms with Gasteiger partial charge in [-0.05, 0) is 43.4 Å². The number of pyridine rings is 1. The van der Waals surface area contributed by atoms with Crippen LogP contribution in [-0.4, -0.2) is 25.3 Å². The zero-order chi connectivity index (χ0) is 22.5. The number of aryl methyl sites for hydroxylation is 1. The zero-order valence-electron chi connectivity index (χ0n) is 17.8. The van der Waals surface area contributed by atoms with E-state index in [0.717, 1.165) is 16.6 Å².